The molecule has 2 amide bonds. The standard InChI is InChI=1S/C16H26N4O2S.2ClH/c1-11(2)15(22)19-16-18-13(10-23-16)7-14(21)20-6-4-5-12(9-20)8-17-3;;/h10-12,17H,4-9H2,1-3H3,(H,18,19,22);2*1H. The molecule has 0 spiro atoms. The first-order chi connectivity index (χ1) is 11.0. The van der Waals surface area contributed by atoms with Crippen LogP contribution in [0.1, 0.15) is 32.4 Å². The monoisotopic (exact) mass is 410 g/mol. The molecule has 0 saturated carbocycles. The number of hydrogen-bond acceptors (Lipinski definition) is 5. The molecule has 1 aromatic rings. The van der Waals surface area contributed by atoms with Gasteiger partial charge in [0.25, 0.3) is 0 Å². The Bertz CT molecular complexity index is 552. The number of nitrogens with zero attached hydrogens (tertiary/aromatic N) is 2. The first-order valence-corrected chi connectivity index (χ1v) is 9.05. The highest BCUT2D eigenvalue weighted by atomic mass is 35.5. The molecule has 144 valence electrons. The summed E-state index contributed by atoms with van der Waals surface area (Å²) < 4.78 is 0. The Morgan fingerprint density at radius 2 is 2.12 bits per heavy atom. The number of piperidine rings is 1. The van der Waals surface area contributed by atoms with Gasteiger partial charge in [-0.1, -0.05) is 13.8 Å². The molecule has 1 fully saturated rings. The molecule has 2 heterocycles. The smallest absolute Gasteiger partial charge is 0.228 e. The summed E-state index contributed by atoms with van der Waals surface area (Å²) in [5, 5.41) is 8.38. The van der Waals surface area contributed by atoms with Crippen molar-refractivity contribution in [3.8, 4) is 0 Å². The van der Waals surface area contributed by atoms with Gasteiger partial charge in [-0.2, -0.15) is 0 Å². The number of carbonyl (C=O) groups excluding carboxylic acids is 2. The second-order valence-corrected chi connectivity index (χ2v) is 7.23. The maximum atomic E-state index is 12.4. The summed E-state index contributed by atoms with van der Waals surface area (Å²) in [6.45, 7) is 6.28. The molecule has 9 heteroatoms. The van der Waals surface area contributed by atoms with Crippen LogP contribution in [0.5, 0.6) is 0 Å². The van der Waals surface area contributed by atoms with Crippen molar-refractivity contribution < 1.29 is 9.59 Å². The lowest BCUT2D eigenvalue weighted by molar-refractivity contribution is -0.132. The fraction of sp³-hybridized carbons (Fsp3) is 0.688. The minimum absolute atomic E-state index is 0. The Morgan fingerprint density at radius 1 is 1.40 bits per heavy atom. The van der Waals surface area contributed by atoms with Crippen LogP contribution in [0, 0.1) is 11.8 Å². The van der Waals surface area contributed by atoms with Crippen molar-refractivity contribution in [3.05, 3.63) is 11.1 Å². The zero-order valence-corrected chi connectivity index (χ0v) is 17.4. The zero-order valence-electron chi connectivity index (χ0n) is 14.9. The Labute approximate surface area is 166 Å². The highest BCUT2D eigenvalue weighted by Gasteiger charge is 2.23. The Morgan fingerprint density at radius 3 is 2.76 bits per heavy atom. The van der Waals surface area contributed by atoms with E-state index in [4.69, 9.17) is 0 Å². The van der Waals surface area contributed by atoms with E-state index in [0.29, 0.717) is 17.5 Å². The zero-order chi connectivity index (χ0) is 16.8. The number of hydrogen-bond donors (Lipinski definition) is 2. The van der Waals surface area contributed by atoms with Gasteiger partial charge in [0.2, 0.25) is 11.8 Å². The van der Waals surface area contributed by atoms with Gasteiger partial charge in [0.15, 0.2) is 5.13 Å². The predicted octanol–water partition coefficient (Wildman–Crippen LogP) is 2.58. The summed E-state index contributed by atoms with van der Waals surface area (Å²) in [6, 6.07) is 0. The summed E-state index contributed by atoms with van der Waals surface area (Å²) in [5.41, 5.74) is 0.731. The Hall–Kier alpha value is -0.890. The van der Waals surface area contributed by atoms with Gasteiger partial charge in [-0.3, -0.25) is 9.59 Å². The quantitative estimate of drug-likeness (QED) is 0.755. The molecule has 1 aliphatic rings. The second-order valence-electron chi connectivity index (χ2n) is 6.37. The van der Waals surface area contributed by atoms with E-state index in [1.807, 2.05) is 31.2 Å². The molecule has 2 rings (SSSR count). The maximum absolute atomic E-state index is 12.4. The number of halogens is 2. The molecule has 0 aliphatic carbocycles. The first-order valence-electron chi connectivity index (χ1n) is 8.17. The number of thiazole rings is 1. The van der Waals surface area contributed by atoms with Crippen molar-refractivity contribution in [1.82, 2.24) is 15.2 Å². The summed E-state index contributed by atoms with van der Waals surface area (Å²) in [4.78, 5) is 30.4. The molecular weight excluding hydrogens is 383 g/mol. The molecule has 1 unspecified atom stereocenters. The topological polar surface area (TPSA) is 74.3 Å². The van der Waals surface area contributed by atoms with E-state index in [9.17, 15) is 9.59 Å². The lowest BCUT2D eigenvalue weighted by Crippen LogP contribution is -2.43. The van der Waals surface area contributed by atoms with Crippen LogP contribution >= 0.6 is 36.2 Å². The SMILES string of the molecule is CNCC1CCCN(C(=O)Cc2csc(NC(=O)C(C)C)n2)C1.Cl.Cl. The lowest BCUT2D eigenvalue weighted by atomic mass is 9.98. The Kier molecular flexibility index (Phi) is 11.3. The molecule has 1 saturated heterocycles. The van der Waals surface area contributed by atoms with Gasteiger partial charge >= 0.3 is 0 Å². The summed E-state index contributed by atoms with van der Waals surface area (Å²) in [7, 11) is 1.95. The van der Waals surface area contributed by atoms with E-state index in [2.05, 4.69) is 15.6 Å². The molecule has 2 N–H and O–H groups in total. The van der Waals surface area contributed by atoms with Crippen molar-refractivity contribution in [2.24, 2.45) is 11.8 Å². The highest BCUT2D eigenvalue weighted by Crippen LogP contribution is 2.19. The van der Waals surface area contributed by atoms with Crippen LogP contribution in [-0.4, -0.2) is 48.4 Å². The Balaban J connectivity index is 0.00000288. The van der Waals surface area contributed by atoms with Crippen LogP contribution in [-0.2, 0) is 16.0 Å². The second kappa shape index (κ2) is 11.7. The largest absolute Gasteiger partial charge is 0.342 e. The van der Waals surface area contributed by atoms with Crippen LogP contribution in [0.25, 0.3) is 0 Å². The number of rotatable bonds is 6. The van der Waals surface area contributed by atoms with Crippen molar-refractivity contribution in [2.45, 2.75) is 33.1 Å². The average molecular weight is 411 g/mol. The third-order valence-electron chi connectivity index (χ3n) is 4.00. The van der Waals surface area contributed by atoms with Crippen LogP contribution in [0.4, 0.5) is 5.13 Å². The number of likely N-dealkylation sites (tertiary alicyclic amines) is 1. The van der Waals surface area contributed by atoms with Gasteiger partial charge in [-0.05, 0) is 32.4 Å². The highest BCUT2D eigenvalue weighted by molar-refractivity contribution is 7.13. The number of anilines is 1. The van der Waals surface area contributed by atoms with Crippen LogP contribution in [0.2, 0.25) is 0 Å². The minimum atomic E-state index is -0.0820. The molecular formula is C16H28Cl2N4O2S. The summed E-state index contributed by atoms with van der Waals surface area (Å²) >= 11 is 1.37. The predicted molar refractivity (Wildman–Crippen MR) is 107 cm³/mol. The summed E-state index contributed by atoms with van der Waals surface area (Å²) in [6.07, 6.45) is 2.54. The van der Waals surface area contributed by atoms with E-state index in [0.717, 1.165) is 31.7 Å². The van der Waals surface area contributed by atoms with Crippen LogP contribution in [0.15, 0.2) is 5.38 Å². The normalized spacial score (nSPS) is 16.8. The molecule has 0 aromatic carbocycles. The van der Waals surface area contributed by atoms with E-state index < -0.39 is 0 Å². The van der Waals surface area contributed by atoms with Crippen molar-refractivity contribution in [1.29, 1.82) is 0 Å². The molecule has 25 heavy (non-hydrogen) atoms. The van der Waals surface area contributed by atoms with Crippen molar-refractivity contribution in [2.75, 3.05) is 32.0 Å². The van der Waals surface area contributed by atoms with Gasteiger partial charge in [-0.15, -0.1) is 36.2 Å². The molecule has 1 aliphatic heterocycles. The summed E-state index contributed by atoms with van der Waals surface area (Å²) in [5.74, 6) is 0.525. The van der Waals surface area contributed by atoms with Gasteiger partial charge in [0.05, 0.1) is 12.1 Å². The third-order valence-corrected chi connectivity index (χ3v) is 4.81. The van der Waals surface area contributed by atoms with Gasteiger partial charge in [0.1, 0.15) is 0 Å². The van der Waals surface area contributed by atoms with Crippen LogP contribution in [0.3, 0.4) is 0 Å². The minimum Gasteiger partial charge on any atom is -0.342 e. The molecule has 0 bridgehead atoms. The molecule has 1 atom stereocenters. The van der Waals surface area contributed by atoms with E-state index in [1.165, 1.54) is 17.8 Å². The maximum Gasteiger partial charge on any atom is 0.228 e. The number of aromatic nitrogens is 1. The first kappa shape index (κ1) is 24.1. The average Bonchev–Trinajstić information content (AvgIpc) is 2.94. The number of nitrogens with one attached hydrogen (secondary N) is 2. The molecule has 1 aromatic heterocycles. The van der Waals surface area contributed by atoms with E-state index in [1.54, 1.807) is 0 Å². The van der Waals surface area contributed by atoms with Crippen molar-refractivity contribution in [3.63, 3.8) is 0 Å². The van der Waals surface area contributed by atoms with Gasteiger partial charge < -0.3 is 15.5 Å². The van der Waals surface area contributed by atoms with Gasteiger partial charge in [-0.25, -0.2) is 4.98 Å². The lowest BCUT2D eigenvalue weighted by Gasteiger charge is -2.32. The van der Waals surface area contributed by atoms with Crippen molar-refractivity contribution >= 4 is 53.1 Å². The van der Waals surface area contributed by atoms with E-state index >= 15 is 0 Å². The third kappa shape index (κ3) is 7.48. The molecule has 6 nitrogen and oxygen atoms in total. The van der Waals surface area contributed by atoms with Crippen LogP contribution < -0.4 is 10.6 Å². The van der Waals surface area contributed by atoms with Gasteiger partial charge in [0, 0.05) is 24.4 Å². The molecule has 0 radical (unpaired) electrons. The van der Waals surface area contributed by atoms with E-state index in [-0.39, 0.29) is 42.5 Å². The number of amides is 2. The fourth-order valence-electron chi connectivity index (χ4n) is 2.71. The fourth-order valence-corrected chi connectivity index (χ4v) is 3.42. The number of carbonyl (C=O) groups is 2.